The number of hydrogen-bond donors (Lipinski definition) is 2. The predicted octanol–water partition coefficient (Wildman–Crippen LogP) is 4.06. The molecule has 21 heavy (non-hydrogen) atoms. The van der Waals surface area contributed by atoms with Crippen LogP contribution in [-0.4, -0.2) is 11.0 Å². The van der Waals surface area contributed by atoms with Gasteiger partial charge in [-0.1, -0.05) is 37.1 Å². The number of fused-ring (bicyclic) bond motifs is 1. The van der Waals surface area contributed by atoms with Gasteiger partial charge in [0, 0.05) is 17.8 Å². The first-order valence-electron chi connectivity index (χ1n) is 7.41. The minimum absolute atomic E-state index is 0.234. The molecule has 4 heteroatoms. The summed E-state index contributed by atoms with van der Waals surface area (Å²) in [4.78, 5) is 16.2. The predicted molar refractivity (Wildman–Crippen MR) is 85.0 cm³/mol. The van der Waals surface area contributed by atoms with Crippen molar-refractivity contribution in [2.24, 2.45) is 5.92 Å². The van der Waals surface area contributed by atoms with Gasteiger partial charge in [-0.2, -0.15) is 0 Å². The van der Waals surface area contributed by atoms with Crippen molar-refractivity contribution in [3.63, 3.8) is 0 Å². The summed E-state index contributed by atoms with van der Waals surface area (Å²) in [6.07, 6.45) is 10.6. The summed E-state index contributed by atoms with van der Waals surface area (Å²) < 4.78 is 0. The highest BCUT2D eigenvalue weighted by atomic mass is 16.2. The number of pyridine rings is 1. The summed E-state index contributed by atoms with van der Waals surface area (Å²) in [6, 6.07) is 9.37. The molecule has 0 atom stereocenters. The molecule has 1 aromatic heterocycles. The van der Waals surface area contributed by atoms with Gasteiger partial charge in [-0.25, -0.2) is 4.79 Å². The number of anilines is 1. The quantitative estimate of drug-likeness (QED) is 0.891. The summed E-state index contributed by atoms with van der Waals surface area (Å²) in [7, 11) is 0. The molecule has 2 aromatic rings. The number of nitrogens with one attached hydrogen (secondary N) is 2. The zero-order chi connectivity index (χ0) is 14.5. The van der Waals surface area contributed by atoms with E-state index in [2.05, 4.69) is 21.7 Å². The summed E-state index contributed by atoms with van der Waals surface area (Å²) in [6.45, 7) is 0. The lowest BCUT2D eigenvalue weighted by atomic mass is 10.1. The van der Waals surface area contributed by atoms with Crippen LogP contribution in [0.15, 0.2) is 48.8 Å². The smallest absolute Gasteiger partial charge is 0.315 e. The van der Waals surface area contributed by atoms with Crippen molar-refractivity contribution in [2.45, 2.75) is 25.7 Å². The van der Waals surface area contributed by atoms with Crippen molar-refractivity contribution in [1.29, 1.82) is 0 Å². The molecule has 1 heterocycles. The Bertz CT molecular complexity index is 655. The molecule has 4 nitrogen and oxygen atoms in total. The Labute approximate surface area is 124 Å². The molecule has 2 amide bonds. The summed E-state index contributed by atoms with van der Waals surface area (Å²) >= 11 is 0. The maximum absolute atomic E-state index is 11.9. The van der Waals surface area contributed by atoms with Crippen molar-refractivity contribution >= 4 is 22.6 Å². The minimum atomic E-state index is -0.234. The molecule has 3 rings (SSSR count). The second kappa shape index (κ2) is 6.39. The number of hydrogen-bond acceptors (Lipinski definition) is 2. The third-order valence-corrected chi connectivity index (χ3v) is 3.86. The Morgan fingerprint density at radius 3 is 2.86 bits per heavy atom. The molecule has 0 spiro atoms. The second-order valence-corrected chi connectivity index (χ2v) is 5.38. The van der Waals surface area contributed by atoms with E-state index in [0.29, 0.717) is 5.92 Å². The molecule has 1 aromatic carbocycles. The van der Waals surface area contributed by atoms with Crippen molar-refractivity contribution < 1.29 is 4.79 Å². The van der Waals surface area contributed by atoms with Crippen LogP contribution >= 0.6 is 0 Å². The number of urea groups is 1. The van der Waals surface area contributed by atoms with Crippen LogP contribution in [0.4, 0.5) is 10.5 Å². The Morgan fingerprint density at radius 1 is 1.19 bits per heavy atom. The number of nitrogens with zero attached hydrogens (tertiary/aromatic N) is 1. The van der Waals surface area contributed by atoms with E-state index in [9.17, 15) is 4.79 Å². The maximum Gasteiger partial charge on any atom is 0.323 e. The highest BCUT2D eigenvalue weighted by Gasteiger charge is 2.11. The number of allylic oxidation sites excluding steroid dienone is 1. The molecular formula is C17H19N3O. The van der Waals surface area contributed by atoms with E-state index in [0.717, 1.165) is 16.6 Å². The van der Waals surface area contributed by atoms with Crippen molar-refractivity contribution in [3.8, 4) is 0 Å². The molecule has 108 valence electrons. The summed E-state index contributed by atoms with van der Waals surface area (Å²) in [5.74, 6) is 0.615. The zero-order valence-corrected chi connectivity index (χ0v) is 11.9. The average Bonchev–Trinajstić information content (AvgIpc) is 3.01. The minimum Gasteiger partial charge on any atom is -0.315 e. The molecular weight excluding hydrogens is 262 g/mol. The molecule has 0 radical (unpaired) electrons. The van der Waals surface area contributed by atoms with Crippen molar-refractivity contribution in [2.75, 3.05) is 5.32 Å². The van der Waals surface area contributed by atoms with Gasteiger partial charge in [-0.15, -0.1) is 0 Å². The van der Waals surface area contributed by atoms with Gasteiger partial charge >= 0.3 is 6.03 Å². The Balaban J connectivity index is 1.63. The zero-order valence-electron chi connectivity index (χ0n) is 11.9. The fourth-order valence-corrected chi connectivity index (χ4v) is 2.77. The molecule has 0 bridgehead atoms. The number of para-hydroxylation sites is 1. The Kier molecular flexibility index (Phi) is 4.15. The fraction of sp³-hybridized carbons (Fsp3) is 0.294. The van der Waals surface area contributed by atoms with E-state index in [1.165, 1.54) is 25.7 Å². The topological polar surface area (TPSA) is 54.0 Å². The molecule has 1 aliphatic carbocycles. The number of benzene rings is 1. The van der Waals surface area contributed by atoms with Crippen LogP contribution in [0.2, 0.25) is 0 Å². The van der Waals surface area contributed by atoms with Gasteiger partial charge < -0.3 is 10.6 Å². The summed E-state index contributed by atoms with van der Waals surface area (Å²) in [5, 5.41) is 6.62. The largest absolute Gasteiger partial charge is 0.323 e. The van der Waals surface area contributed by atoms with Gasteiger partial charge in [0.05, 0.1) is 11.2 Å². The average molecular weight is 281 g/mol. The third-order valence-electron chi connectivity index (χ3n) is 3.86. The van der Waals surface area contributed by atoms with Crippen LogP contribution in [0.3, 0.4) is 0 Å². The molecule has 1 saturated carbocycles. The number of carbonyl (C=O) groups is 1. The highest BCUT2D eigenvalue weighted by Crippen LogP contribution is 2.25. The van der Waals surface area contributed by atoms with Gasteiger partial charge in [-0.05, 0) is 30.9 Å². The van der Waals surface area contributed by atoms with Crippen LogP contribution in [0, 0.1) is 5.92 Å². The SMILES string of the molecule is O=C(N/C=C/C1CCCC1)Nc1cccc2cccnc12. The monoisotopic (exact) mass is 281 g/mol. The molecule has 0 aliphatic heterocycles. The second-order valence-electron chi connectivity index (χ2n) is 5.38. The first kappa shape index (κ1) is 13.6. The van der Waals surface area contributed by atoms with E-state index in [-0.39, 0.29) is 6.03 Å². The van der Waals surface area contributed by atoms with Gasteiger partial charge in [-0.3, -0.25) is 4.98 Å². The lowest BCUT2D eigenvalue weighted by molar-refractivity contribution is 0.255. The van der Waals surface area contributed by atoms with E-state index in [4.69, 9.17) is 0 Å². The Hall–Kier alpha value is -2.36. The van der Waals surface area contributed by atoms with Crippen LogP contribution in [0.5, 0.6) is 0 Å². The van der Waals surface area contributed by atoms with E-state index in [1.54, 1.807) is 12.4 Å². The van der Waals surface area contributed by atoms with Gasteiger partial charge in [0.15, 0.2) is 0 Å². The normalized spacial score (nSPS) is 15.6. The van der Waals surface area contributed by atoms with Crippen LogP contribution in [-0.2, 0) is 0 Å². The standard InChI is InChI=1S/C17H19N3O/c21-17(19-12-10-13-5-1-2-6-13)20-15-9-3-7-14-8-4-11-18-16(14)15/h3-4,7-13H,1-2,5-6H2,(H2,19,20,21)/b12-10+. The first-order valence-corrected chi connectivity index (χ1v) is 7.41. The lowest BCUT2D eigenvalue weighted by Gasteiger charge is -2.07. The van der Waals surface area contributed by atoms with Gasteiger partial charge in [0.1, 0.15) is 0 Å². The van der Waals surface area contributed by atoms with Gasteiger partial charge in [0.2, 0.25) is 0 Å². The molecule has 0 saturated heterocycles. The summed E-state index contributed by atoms with van der Waals surface area (Å²) in [5.41, 5.74) is 1.52. The first-order chi connectivity index (χ1) is 10.3. The van der Waals surface area contributed by atoms with E-state index in [1.807, 2.05) is 30.3 Å². The van der Waals surface area contributed by atoms with E-state index < -0.39 is 0 Å². The number of rotatable bonds is 3. The van der Waals surface area contributed by atoms with Crippen LogP contribution < -0.4 is 10.6 Å². The van der Waals surface area contributed by atoms with Crippen LogP contribution in [0.25, 0.3) is 10.9 Å². The maximum atomic E-state index is 11.9. The third kappa shape index (κ3) is 3.40. The highest BCUT2D eigenvalue weighted by molar-refractivity contribution is 5.99. The number of carbonyl (C=O) groups excluding carboxylic acids is 1. The molecule has 1 aliphatic rings. The van der Waals surface area contributed by atoms with E-state index >= 15 is 0 Å². The van der Waals surface area contributed by atoms with Crippen molar-refractivity contribution in [3.05, 3.63) is 48.8 Å². The molecule has 0 unspecified atom stereocenters. The van der Waals surface area contributed by atoms with Gasteiger partial charge in [0.25, 0.3) is 0 Å². The Morgan fingerprint density at radius 2 is 2.00 bits per heavy atom. The molecule has 1 fully saturated rings. The van der Waals surface area contributed by atoms with Crippen LogP contribution in [0.1, 0.15) is 25.7 Å². The van der Waals surface area contributed by atoms with Crippen molar-refractivity contribution in [1.82, 2.24) is 10.3 Å². The number of amides is 2. The number of aromatic nitrogens is 1. The molecule has 2 N–H and O–H groups in total. The fourth-order valence-electron chi connectivity index (χ4n) is 2.77. The lowest BCUT2D eigenvalue weighted by Crippen LogP contribution is -2.24.